The Labute approximate surface area is 101 Å². The molecule has 1 unspecified atom stereocenters. The number of thiophene rings is 1. The number of rotatable bonds is 8. The Bertz CT molecular complexity index is 262. The van der Waals surface area contributed by atoms with Crippen LogP contribution >= 0.6 is 11.3 Å². The van der Waals surface area contributed by atoms with Gasteiger partial charge in [0.25, 0.3) is 0 Å². The van der Waals surface area contributed by atoms with Crippen molar-refractivity contribution in [2.75, 3.05) is 19.8 Å². The van der Waals surface area contributed by atoms with Crippen LogP contribution in [0.3, 0.4) is 0 Å². The third-order valence-electron chi connectivity index (χ3n) is 2.14. The minimum absolute atomic E-state index is 0.403. The monoisotopic (exact) mass is 243 g/mol. The molecule has 0 aliphatic carbocycles. The van der Waals surface area contributed by atoms with Gasteiger partial charge in [-0.1, -0.05) is 19.9 Å². The van der Waals surface area contributed by atoms with Gasteiger partial charge in [-0.3, -0.25) is 0 Å². The summed E-state index contributed by atoms with van der Waals surface area (Å²) in [5.74, 6) is 0. The first-order chi connectivity index (χ1) is 7.68. The molecule has 1 rings (SSSR count). The molecular weight excluding hydrogens is 222 g/mol. The van der Waals surface area contributed by atoms with Crippen LogP contribution in [-0.2, 0) is 11.2 Å². The molecule has 1 aromatic heterocycles. The molecule has 0 saturated heterocycles. The second kappa shape index (κ2) is 7.79. The topological polar surface area (TPSA) is 41.5 Å². The van der Waals surface area contributed by atoms with Crippen LogP contribution in [0.25, 0.3) is 0 Å². The Balaban J connectivity index is 1.98. The van der Waals surface area contributed by atoms with Crippen molar-refractivity contribution < 1.29 is 9.84 Å². The Morgan fingerprint density at radius 1 is 1.50 bits per heavy atom. The number of ether oxygens (including phenoxy) is 1. The Hall–Kier alpha value is -0.420. The van der Waals surface area contributed by atoms with Crippen molar-refractivity contribution in [1.82, 2.24) is 5.32 Å². The predicted molar refractivity (Wildman–Crippen MR) is 68.0 cm³/mol. The van der Waals surface area contributed by atoms with Crippen molar-refractivity contribution in [2.45, 2.75) is 32.4 Å². The average Bonchev–Trinajstić information content (AvgIpc) is 2.74. The first kappa shape index (κ1) is 13.6. The van der Waals surface area contributed by atoms with Crippen LogP contribution < -0.4 is 5.32 Å². The maximum absolute atomic E-state index is 9.57. The molecule has 0 fully saturated rings. The van der Waals surface area contributed by atoms with Crippen LogP contribution in [0.4, 0.5) is 0 Å². The number of hydrogen-bond acceptors (Lipinski definition) is 4. The molecule has 0 saturated carbocycles. The molecule has 0 bridgehead atoms. The summed E-state index contributed by atoms with van der Waals surface area (Å²) in [6.45, 7) is 5.80. The maximum Gasteiger partial charge on any atom is 0.0897 e. The van der Waals surface area contributed by atoms with Gasteiger partial charge in [0.15, 0.2) is 0 Å². The quantitative estimate of drug-likeness (QED) is 0.682. The molecular formula is C12H21NO2S. The Kier molecular flexibility index (Phi) is 6.64. The van der Waals surface area contributed by atoms with E-state index in [1.165, 1.54) is 4.88 Å². The summed E-state index contributed by atoms with van der Waals surface area (Å²) in [6, 6.07) is 4.55. The highest BCUT2D eigenvalue weighted by atomic mass is 32.1. The lowest BCUT2D eigenvalue weighted by molar-refractivity contribution is 0.0376. The number of aliphatic hydroxyl groups excluding tert-OH is 1. The average molecular weight is 243 g/mol. The lowest BCUT2D eigenvalue weighted by Gasteiger charge is -2.14. The second-order valence-corrected chi connectivity index (χ2v) is 5.15. The van der Waals surface area contributed by atoms with Gasteiger partial charge < -0.3 is 15.2 Å². The van der Waals surface area contributed by atoms with Gasteiger partial charge in [0.2, 0.25) is 0 Å². The Morgan fingerprint density at radius 2 is 2.31 bits per heavy atom. The summed E-state index contributed by atoms with van der Waals surface area (Å²) in [7, 11) is 0. The van der Waals surface area contributed by atoms with Gasteiger partial charge in [-0.2, -0.15) is 0 Å². The second-order valence-electron chi connectivity index (χ2n) is 4.12. The van der Waals surface area contributed by atoms with Gasteiger partial charge in [-0.05, 0) is 11.4 Å². The van der Waals surface area contributed by atoms with Gasteiger partial charge in [-0.15, -0.1) is 11.3 Å². The van der Waals surface area contributed by atoms with Gasteiger partial charge >= 0.3 is 0 Å². The molecule has 1 aromatic rings. The summed E-state index contributed by atoms with van der Waals surface area (Å²) in [6.07, 6.45) is 0.521. The molecule has 3 nitrogen and oxygen atoms in total. The van der Waals surface area contributed by atoms with Crippen LogP contribution in [0.5, 0.6) is 0 Å². The van der Waals surface area contributed by atoms with E-state index in [9.17, 15) is 5.11 Å². The predicted octanol–water partition coefficient (Wildman–Crippen LogP) is 1.67. The summed E-state index contributed by atoms with van der Waals surface area (Å²) < 4.78 is 5.42. The van der Waals surface area contributed by atoms with Gasteiger partial charge in [0, 0.05) is 23.9 Å². The van der Waals surface area contributed by atoms with Crippen molar-refractivity contribution in [3.8, 4) is 0 Å². The third-order valence-corrected chi connectivity index (χ3v) is 3.08. The van der Waals surface area contributed by atoms with Gasteiger partial charge in [0.1, 0.15) is 0 Å². The highest BCUT2D eigenvalue weighted by Crippen LogP contribution is 2.08. The molecule has 92 valence electrons. The standard InChI is InChI=1S/C12H21NO2S/c1-10(2)13-8-11(14)9-15-6-5-12-4-3-7-16-12/h3-4,7,10-11,13-14H,5-6,8-9H2,1-2H3. The first-order valence-corrected chi connectivity index (χ1v) is 6.58. The first-order valence-electron chi connectivity index (χ1n) is 5.70. The van der Waals surface area contributed by atoms with Crippen LogP contribution in [-0.4, -0.2) is 37.0 Å². The molecule has 1 heterocycles. The number of hydrogen-bond donors (Lipinski definition) is 2. The molecule has 0 aliphatic rings. The highest BCUT2D eigenvalue weighted by molar-refractivity contribution is 7.09. The molecule has 0 radical (unpaired) electrons. The lowest BCUT2D eigenvalue weighted by Crippen LogP contribution is -2.34. The molecule has 4 heteroatoms. The van der Waals surface area contributed by atoms with E-state index in [1.807, 2.05) is 6.07 Å². The van der Waals surface area contributed by atoms with Crippen LogP contribution in [0.2, 0.25) is 0 Å². The molecule has 16 heavy (non-hydrogen) atoms. The summed E-state index contributed by atoms with van der Waals surface area (Å²) in [4.78, 5) is 1.33. The smallest absolute Gasteiger partial charge is 0.0897 e. The van der Waals surface area contributed by atoms with E-state index in [0.717, 1.165) is 6.42 Å². The fourth-order valence-electron chi connectivity index (χ4n) is 1.28. The Morgan fingerprint density at radius 3 is 2.94 bits per heavy atom. The van der Waals surface area contributed by atoms with Crippen molar-refractivity contribution in [3.05, 3.63) is 22.4 Å². The van der Waals surface area contributed by atoms with E-state index in [2.05, 4.69) is 30.6 Å². The fourth-order valence-corrected chi connectivity index (χ4v) is 1.97. The van der Waals surface area contributed by atoms with Gasteiger partial charge in [0.05, 0.1) is 19.3 Å². The van der Waals surface area contributed by atoms with Crippen molar-refractivity contribution in [2.24, 2.45) is 0 Å². The molecule has 0 aromatic carbocycles. The zero-order valence-corrected chi connectivity index (χ0v) is 10.8. The zero-order chi connectivity index (χ0) is 11.8. The number of nitrogens with one attached hydrogen (secondary N) is 1. The van der Waals surface area contributed by atoms with E-state index in [0.29, 0.717) is 25.8 Å². The normalized spacial score (nSPS) is 13.2. The van der Waals surface area contributed by atoms with E-state index in [4.69, 9.17) is 4.74 Å². The molecule has 2 N–H and O–H groups in total. The minimum Gasteiger partial charge on any atom is -0.389 e. The number of aliphatic hydroxyl groups is 1. The van der Waals surface area contributed by atoms with Gasteiger partial charge in [-0.25, -0.2) is 0 Å². The summed E-state index contributed by atoms with van der Waals surface area (Å²) in [5, 5.41) is 14.8. The SMILES string of the molecule is CC(C)NCC(O)COCCc1cccs1. The molecule has 0 amide bonds. The zero-order valence-electron chi connectivity index (χ0n) is 9.98. The van der Waals surface area contributed by atoms with E-state index in [1.54, 1.807) is 11.3 Å². The van der Waals surface area contributed by atoms with Crippen molar-refractivity contribution in [3.63, 3.8) is 0 Å². The maximum atomic E-state index is 9.57. The summed E-state index contributed by atoms with van der Waals surface area (Å²) in [5.41, 5.74) is 0. The van der Waals surface area contributed by atoms with Crippen LogP contribution in [0.1, 0.15) is 18.7 Å². The molecule has 0 aliphatic heterocycles. The largest absolute Gasteiger partial charge is 0.389 e. The van der Waals surface area contributed by atoms with E-state index >= 15 is 0 Å². The third kappa shape index (κ3) is 6.23. The minimum atomic E-state index is -0.411. The van der Waals surface area contributed by atoms with Crippen LogP contribution in [0, 0.1) is 0 Å². The van der Waals surface area contributed by atoms with Crippen molar-refractivity contribution >= 4 is 11.3 Å². The van der Waals surface area contributed by atoms with E-state index < -0.39 is 6.10 Å². The highest BCUT2D eigenvalue weighted by Gasteiger charge is 2.04. The lowest BCUT2D eigenvalue weighted by atomic mass is 10.3. The van der Waals surface area contributed by atoms with Crippen molar-refractivity contribution in [1.29, 1.82) is 0 Å². The molecule has 1 atom stereocenters. The van der Waals surface area contributed by atoms with Crippen LogP contribution in [0.15, 0.2) is 17.5 Å². The van der Waals surface area contributed by atoms with E-state index in [-0.39, 0.29) is 0 Å². The molecule has 0 spiro atoms. The summed E-state index contributed by atoms with van der Waals surface area (Å²) >= 11 is 1.74. The fraction of sp³-hybridized carbons (Fsp3) is 0.667.